The topological polar surface area (TPSA) is 148 Å². The van der Waals surface area contributed by atoms with E-state index in [1.807, 2.05) is 13.8 Å². The lowest BCUT2D eigenvalue weighted by molar-refractivity contribution is -0.307. The van der Waals surface area contributed by atoms with Gasteiger partial charge in [0.25, 0.3) is 0 Å². The van der Waals surface area contributed by atoms with Crippen LogP contribution in [0.15, 0.2) is 35.2 Å². The van der Waals surface area contributed by atoms with E-state index in [0.717, 1.165) is 0 Å². The number of carbonyl (C=O) groups excluding carboxylic acids is 4. The van der Waals surface area contributed by atoms with Crippen LogP contribution in [0, 0.1) is 34.0 Å². The predicted octanol–water partition coefficient (Wildman–Crippen LogP) is 3.44. The summed E-state index contributed by atoms with van der Waals surface area (Å²) in [6.07, 6.45) is -1.58. The van der Waals surface area contributed by atoms with Gasteiger partial charge in [0.1, 0.15) is 17.8 Å². The van der Waals surface area contributed by atoms with Crippen molar-refractivity contribution in [2.45, 2.75) is 96.6 Å². The molecule has 2 aliphatic carbocycles. The number of ether oxygens (including phenoxy) is 5. The molecule has 1 aromatic rings. The van der Waals surface area contributed by atoms with Gasteiger partial charge >= 0.3 is 17.9 Å². The van der Waals surface area contributed by atoms with Crippen LogP contribution in [0.5, 0.6) is 0 Å². The molecule has 0 aromatic carbocycles. The Kier molecular flexibility index (Phi) is 6.46. The summed E-state index contributed by atoms with van der Waals surface area (Å²) in [5.74, 6) is -6.84. The molecule has 1 spiro atoms. The number of fused-ring (bicyclic) bond motifs is 2. The van der Waals surface area contributed by atoms with Crippen molar-refractivity contribution in [3.05, 3.63) is 36.3 Å². The minimum Gasteiger partial charge on any atom is -0.472 e. The monoisotopic (exact) mass is 600 g/mol. The van der Waals surface area contributed by atoms with Crippen molar-refractivity contribution in [3.8, 4) is 0 Å². The smallest absolute Gasteiger partial charge is 0.335 e. The molecule has 11 nitrogen and oxygen atoms in total. The summed E-state index contributed by atoms with van der Waals surface area (Å²) in [6.45, 7) is 14.9. The number of cyclic esters (lactones) is 1. The van der Waals surface area contributed by atoms with Crippen LogP contribution in [0.25, 0.3) is 0 Å². The van der Waals surface area contributed by atoms with E-state index >= 15 is 0 Å². The Labute approximate surface area is 250 Å². The second-order valence-corrected chi connectivity index (χ2v) is 14.0. The lowest BCUT2D eigenvalue weighted by Gasteiger charge is -2.59. The van der Waals surface area contributed by atoms with E-state index in [1.54, 1.807) is 33.8 Å². The van der Waals surface area contributed by atoms with Gasteiger partial charge in [0.2, 0.25) is 5.78 Å². The summed E-state index contributed by atoms with van der Waals surface area (Å²) in [6, 6.07) is 1.69. The summed E-state index contributed by atoms with van der Waals surface area (Å²) in [7, 11) is 1.22. The number of carbonyl (C=O) groups is 4. The predicted molar refractivity (Wildman–Crippen MR) is 147 cm³/mol. The van der Waals surface area contributed by atoms with Crippen molar-refractivity contribution in [1.29, 1.82) is 0 Å². The average molecular weight is 601 g/mol. The molecule has 3 aliphatic heterocycles. The number of rotatable bonds is 5. The fraction of sp³-hybridized carbons (Fsp3) is 0.688. The summed E-state index contributed by atoms with van der Waals surface area (Å²) < 4.78 is 35.7. The first-order valence-corrected chi connectivity index (χ1v) is 14.9. The standard InChI is InChI=1S/C32H40O11/c1-9-15(2)26(35)41-24-20(34)25-30(7)22(28(24,4)5)21(27(36)38-8)42-32(30,37)18-12-29(6)23(17-10-11-39-14-17)40-19(33)13-31(29,43-25)16(18)3/h10-11,14-15,18,21-25,37H,3,9,12-13H2,1-2,4-8H3. The highest BCUT2D eigenvalue weighted by Gasteiger charge is 2.85. The van der Waals surface area contributed by atoms with Crippen LogP contribution in [-0.2, 0) is 42.9 Å². The van der Waals surface area contributed by atoms with Crippen LogP contribution in [0.4, 0.5) is 0 Å². The van der Waals surface area contributed by atoms with Crippen LogP contribution in [0.2, 0.25) is 0 Å². The molecule has 1 aromatic heterocycles. The third-order valence-corrected chi connectivity index (χ3v) is 11.6. The van der Waals surface area contributed by atoms with Crippen molar-refractivity contribution in [2.75, 3.05) is 7.11 Å². The molecule has 0 amide bonds. The molecule has 4 heterocycles. The van der Waals surface area contributed by atoms with Gasteiger partial charge in [0.15, 0.2) is 18.0 Å². The van der Waals surface area contributed by atoms with Crippen LogP contribution < -0.4 is 0 Å². The molecular weight excluding hydrogens is 560 g/mol. The van der Waals surface area contributed by atoms with E-state index in [9.17, 15) is 24.3 Å². The first-order chi connectivity index (χ1) is 20.0. The molecule has 2 saturated carbocycles. The molecule has 43 heavy (non-hydrogen) atoms. The maximum atomic E-state index is 14.7. The van der Waals surface area contributed by atoms with E-state index in [0.29, 0.717) is 17.6 Å². The zero-order chi connectivity index (χ0) is 31.5. The fourth-order valence-electron chi connectivity index (χ4n) is 9.14. The summed E-state index contributed by atoms with van der Waals surface area (Å²) >= 11 is 0. The molecule has 234 valence electrons. The highest BCUT2D eigenvalue weighted by Crippen LogP contribution is 2.75. The quantitative estimate of drug-likeness (QED) is 0.301. The van der Waals surface area contributed by atoms with Crippen molar-refractivity contribution in [3.63, 3.8) is 0 Å². The first kappa shape index (κ1) is 30.0. The van der Waals surface area contributed by atoms with Crippen LogP contribution in [-0.4, -0.2) is 65.6 Å². The number of Topliss-reactive ketones (excluding diaryl/α,β-unsaturated/α-hetero) is 1. The van der Waals surface area contributed by atoms with Gasteiger partial charge in [0.05, 0.1) is 37.4 Å². The van der Waals surface area contributed by atoms with Gasteiger partial charge in [-0.25, -0.2) is 4.79 Å². The van der Waals surface area contributed by atoms with Crippen molar-refractivity contribution < 1.29 is 52.4 Å². The van der Waals surface area contributed by atoms with Crippen LogP contribution in [0.3, 0.4) is 0 Å². The van der Waals surface area contributed by atoms with Crippen molar-refractivity contribution >= 4 is 23.7 Å². The second kappa shape index (κ2) is 9.25. The zero-order valence-corrected chi connectivity index (χ0v) is 25.6. The lowest BCUT2D eigenvalue weighted by Crippen LogP contribution is -2.71. The summed E-state index contributed by atoms with van der Waals surface area (Å²) in [5.41, 5.74) is -4.25. The molecule has 6 rings (SSSR count). The Morgan fingerprint density at radius 2 is 1.86 bits per heavy atom. The van der Waals surface area contributed by atoms with Gasteiger partial charge in [-0.3, -0.25) is 14.4 Å². The van der Waals surface area contributed by atoms with Crippen molar-refractivity contribution in [1.82, 2.24) is 0 Å². The largest absolute Gasteiger partial charge is 0.472 e. The zero-order valence-electron chi connectivity index (χ0n) is 25.6. The summed E-state index contributed by atoms with van der Waals surface area (Å²) in [5, 5.41) is 12.8. The van der Waals surface area contributed by atoms with Gasteiger partial charge in [-0.2, -0.15) is 0 Å². The molecule has 11 heteroatoms. The highest BCUT2D eigenvalue weighted by atomic mass is 16.7. The molecule has 5 aliphatic rings. The SMILES string of the molecule is C=C1C2CC3(C)C(c4ccoc4)OC(=O)CC13OC1C(=O)C(OC(=O)C(C)CC)C(C)(C)C3C(C(=O)OC)OC2(O)C13C. The Morgan fingerprint density at radius 3 is 2.47 bits per heavy atom. The molecule has 1 N–H and O–H groups in total. The second-order valence-electron chi connectivity index (χ2n) is 14.0. The number of esters is 3. The van der Waals surface area contributed by atoms with Gasteiger partial charge in [-0.1, -0.05) is 48.1 Å². The number of furan rings is 1. The Balaban J connectivity index is 1.57. The minimum atomic E-state index is -2.15. The summed E-state index contributed by atoms with van der Waals surface area (Å²) in [4.78, 5) is 54.4. The maximum Gasteiger partial charge on any atom is 0.335 e. The van der Waals surface area contributed by atoms with Gasteiger partial charge in [-0.15, -0.1) is 0 Å². The Bertz CT molecular complexity index is 1400. The number of hydrogen-bond acceptors (Lipinski definition) is 11. The molecule has 11 atom stereocenters. The minimum absolute atomic E-state index is 0.204. The van der Waals surface area contributed by atoms with Gasteiger partial charge in [-0.05, 0) is 24.5 Å². The van der Waals surface area contributed by atoms with E-state index in [2.05, 4.69) is 6.58 Å². The van der Waals surface area contributed by atoms with Crippen LogP contribution in [0.1, 0.15) is 72.5 Å². The van der Waals surface area contributed by atoms with E-state index in [4.69, 9.17) is 28.1 Å². The van der Waals surface area contributed by atoms with Crippen LogP contribution >= 0.6 is 0 Å². The Morgan fingerprint density at radius 1 is 1.16 bits per heavy atom. The molecular formula is C32H40O11. The van der Waals surface area contributed by atoms with E-state index in [-0.39, 0.29) is 12.8 Å². The molecule has 3 saturated heterocycles. The highest BCUT2D eigenvalue weighted by molar-refractivity contribution is 5.93. The number of methoxy groups -OCH3 is 1. The molecule has 5 fully saturated rings. The van der Waals surface area contributed by atoms with Gasteiger partial charge < -0.3 is 33.2 Å². The lowest BCUT2D eigenvalue weighted by atomic mass is 9.49. The molecule has 0 radical (unpaired) electrons. The maximum absolute atomic E-state index is 14.7. The normalized spacial score (nSPS) is 45.0. The average Bonchev–Trinajstić information content (AvgIpc) is 3.62. The number of ketones is 1. The Hall–Kier alpha value is -3.02. The van der Waals surface area contributed by atoms with Gasteiger partial charge in [0, 0.05) is 28.2 Å². The number of aliphatic hydroxyl groups is 1. The third kappa shape index (κ3) is 3.47. The van der Waals surface area contributed by atoms with E-state index < -0.39 is 93.5 Å². The molecule has 2 bridgehead atoms. The number of hydrogen-bond donors (Lipinski definition) is 1. The third-order valence-electron chi connectivity index (χ3n) is 11.6. The van der Waals surface area contributed by atoms with Crippen molar-refractivity contribution in [2.24, 2.45) is 34.0 Å². The first-order valence-electron chi connectivity index (χ1n) is 14.9. The fourth-order valence-corrected chi connectivity index (χ4v) is 9.14. The molecule has 11 unspecified atom stereocenters. The van der Waals surface area contributed by atoms with E-state index in [1.165, 1.54) is 19.6 Å².